The van der Waals surface area contributed by atoms with Crippen molar-refractivity contribution in [2.24, 2.45) is 0 Å². The predicted octanol–water partition coefficient (Wildman–Crippen LogP) is 6.85. The second kappa shape index (κ2) is 11.4. The summed E-state index contributed by atoms with van der Waals surface area (Å²) >= 11 is 11.8. The number of nitrogens with zero attached hydrogens (tertiary/aromatic N) is 1. The van der Waals surface area contributed by atoms with Gasteiger partial charge in [0.05, 0.1) is 21.0 Å². The van der Waals surface area contributed by atoms with Gasteiger partial charge in [0, 0.05) is 27.7 Å². The van der Waals surface area contributed by atoms with E-state index in [2.05, 4.69) is 0 Å². The fourth-order valence-electron chi connectivity index (χ4n) is 4.15. The van der Waals surface area contributed by atoms with Crippen LogP contribution < -0.4 is 5.48 Å². The van der Waals surface area contributed by atoms with Crippen LogP contribution in [-0.4, -0.2) is 24.5 Å². The van der Waals surface area contributed by atoms with Crippen molar-refractivity contribution in [2.75, 3.05) is 0 Å². The van der Waals surface area contributed by atoms with Crippen LogP contribution in [0.2, 0.25) is 10.0 Å². The van der Waals surface area contributed by atoms with E-state index >= 15 is 0 Å². The lowest BCUT2D eigenvalue weighted by Gasteiger charge is -2.11. The van der Waals surface area contributed by atoms with Gasteiger partial charge in [-0.05, 0) is 35.9 Å². The summed E-state index contributed by atoms with van der Waals surface area (Å²) in [5, 5.41) is 0.950. The zero-order chi connectivity index (χ0) is 28.3. The number of amides is 1. The summed E-state index contributed by atoms with van der Waals surface area (Å²) in [6.07, 6.45) is 0.358. The number of hydrogen-bond donors (Lipinski definition) is 1. The SMILES string of the molecule is O=C(NOC(=O)c1ccc(Cl)cc1Cl)OCc1cn(S(=O)(=O)c2ccccc2)c2c(-c3ccccc3)cccc12. The first-order valence-electron chi connectivity index (χ1n) is 11.8. The van der Waals surface area contributed by atoms with Crippen molar-refractivity contribution in [3.05, 3.63) is 124 Å². The summed E-state index contributed by atoms with van der Waals surface area (Å²) < 4.78 is 33.9. The number of ether oxygens (including phenoxy) is 1. The number of halogens is 2. The molecule has 8 nitrogen and oxygen atoms in total. The lowest BCUT2D eigenvalue weighted by atomic mass is 10.0. The quantitative estimate of drug-likeness (QED) is 0.216. The van der Waals surface area contributed by atoms with Gasteiger partial charge in [0.25, 0.3) is 10.0 Å². The predicted molar refractivity (Wildman–Crippen MR) is 152 cm³/mol. The Kier molecular flexibility index (Phi) is 7.79. The van der Waals surface area contributed by atoms with Crippen LogP contribution in [-0.2, 0) is 26.2 Å². The summed E-state index contributed by atoms with van der Waals surface area (Å²) in [6, 6.07) is 26.9. The second-order valence-electron chi connectivity index (χ2n) is 8.53. The Morgan fingerprint density at radius 1 is 0.850 bits per heavy atom. The molecule has 5 rings (SSSR count). The highest BCUT2D eigenvalue weighted by Gasteiger charge is 2.24. The summed E-state index contributed by atoms with van der Waals surface area (Å²) in [7, 11) is -4.00. The van der Waals surface area contributed by atoms with E-state index < -0.39 is 22.1 Å². The van der Waals surface area contributed by atoms with E-state index in [4.69, 9.17) is 32.8 Å². The van der Waals surface area contributed by atoms with Crippen LogP contribution in [0.1, 0.15) is 15.9 Å². The molecule has 1 aromatic heterocycles. The van der Waals surface area contributed by atoms with Gasteiger partial charge in [-0.25, -0.2) is 22.0 Å². The summed E-state index contributed by atoms with van der Waals surface area (Å²) in [5.41, 5.74) is 4.26. The number of benzene rings is 4. The number of fused-ring (bicyclic) bond motifs is 1. The minimum absolute atomic E-state index is 0.00556. The Hall–Kier alpha value is -4.31. The maximum Gasteiger partial charge on any atom is 0.441 e. The molecule has 0 aliphatic rings. The molecular formula is C29H20Cl2N2O6S. The van der Waals surface area contributed by atoms with Gasteiger partial charge in [-0.1, -0.05) is 89.9 Å². The van der Waals surface area contributed by atoms with Crippen LogP contribution in [0.25, 0.3) is 22.0 Å². The molecule has 1 N–H and O–H groups in total. The van der Waals surface area contributed by atoms with Crippen LogP contribution in [0.5, 0.6) is 0 Å². The number of aromatic nitrogens is 1. The number of hydroxylamine groups is 1. The van der Waals surface area contributed by atoms with Crippen molar-refractivity contribution in [1.29, 1.82) is 0 Å². The van der Waals surface area contributed by atoms with Gasteiger partial charge in [0.15, 0.2) is 0 Å². The molecule has 0 bridgehead atoms. The van der Waals surface area contributed by atoms with Gasteiger partial charge in [0.2, 0.25) is 0 Å². The lowest BCUT2D eigenvalue weighted by molar-refractivity contribution is 0.0198. The van der Waals surface area contributed by atoms with Crippen LogP contribution in [0.15, 0.2) is 108 Å². The minimum atomic E-state index is -4.00. The highest BCUT2D eigenvalue weighted by molar-refractivity contribution is 7.90. The Bertz CT molecular complexity index is 1820. The zero-order valence-corrected chi connectivity index (χ0v) is 22.9. The number of hydrogen-bond acceptors (Lipinski definition) is 6. The summed E-state index contributed by atoms with van der Waals surface area (Å²) in [4.78, 5) is 29.5. The van der Waals surface area contributed by atoms with Gasteiger partial charge < -0.3 is 9.57 Å². The normalized spacial score (nSPS) is 11.2. The van der Waals surface area contributed by atoms with Crippen molar-refractivity contribution in [1.82, 2.24) is 9.45 Å². The Labute approximate surface area is 239 Å². The van der Waals surface area contributed by atoms with Gasteiger partial charge in [0.1, 0.15) is 6.61 Å². The third-order valence-electron chi connectivity index (χ3n) is 6.00. The van der Waals surface area contributed by atoms with E-state index in [0.717, 1.165) is 5.56 Å². The second-order valence-corrected chi connectivity index (χ2v) is 11.2. The molecule has 1 heterocycles. The number of carbonyl (C=O) groups excluding carboxylic acids is 2. The average Bonchev–Trinajstić information content (AvgIpc) is 3.35. The first-order chi connectivity index (χ1) is 19.3. The van der Waals surface area contributed by atoms with Gasteiger partial charge >= 0.3 is 12.1 Å². The third kappa shape index (κ3) is 5.53. The maximum absolute atomic E-state index is 13.7. The first-order valence-corrected chi connectivity index (χ1v) is 14.0. The molecule has 0 saturated heterocycles. The van der Waals surface area contributed by atoms with Crippen molar-refractivity contribution in [3.8, 4) is 11.1 Å². The van der Waals surface area contributed by atoms with E-state index in [1.54, 1.807) is 30.3 Å². The van der Waals surface area contributed by atoms with Crippen LogP contribution in [0.4, 0.5) is 4.79 Å². The largest absolute Gasteiger partial charge is 0.443 e. The fourth-order valence-corrected chi connectivity index (χ4v) is 6.06. The Morgan fingerprint density at radius 2 is 1.55 bits per heavy atom. The average molecular weight is 595 g/mol. The molecule has 0 saturated carbocycles. The molecule has 0 unspecified atom stereocenters. The third-order valence-corrected chi connectivity index (χ3v) is 8.22. The van der Waals surface area contributed by atoms with Crippen LogP contribution >= 0.6 is 23.2 Å². The molecule has 0 atom stereocenters. The molecule has 0 fully saturated rings. The minimum Gasteiger partial charge on any atom is -0.443 e. The smallest absolute Gasteiger partial charge is 0.441 e. The highest BCUT2D eigenvalue weighted by atomic mass is 35.5. The van der Waals surface area contributed by atoms with Gasteiger partial charge in [-0.3, -0.25) is 0 Å². The van der Waals surface area contributed by atoms with Gasteiger partial charge in [-0.2, -0.15) is 0 Å². The number of rotatable bonds is 6. The van der Waals surface area contributed by atoms with Gasteiger partial charge in [-0.15, -0.1) is 5.48 Å². The zero-order valence-electron chi connectivity index (χ0n) is 20.6. The monoisotopic (exact) mass is 594 g/mol. The molecule has 5 aromatic rings. The van der Waals surface area contributed by atoms with E-state index in [1.165, 1.54) is 40.5 Å². The summed E-state index contributed by atoms with van der Waals surface area (Å²) in [6.45, 7) is -0.308. The molecule has 0 aliphatic heterocycles. The van der Waals surface area contributed by atoms with Crippen molar-refractivity contribution in [2.45, 2.75) is 11.5 Å². The van der Waals surface area contributed by atoms with E-state index in [1.807, 2.05) is 41.9 Å². The van der Waals surface area contributed by atoms with E-state index in [-0.39, 0.29) is 22.1 Å². The van der Waals surface area contributed by atoms with E-state index in [0.29, 0.717) is 27.1 Å². The molecule has 0 spiro atoms. The molecule has 40 heavy (non-hydrogen) atoms. The maximum atomic E-state index is 13.7. The van der Waals surface area contributed by atoms with Crippen molar-refractivity contribution in [3.63, 3.8) is 0 Å². The standard InChI is InChI=1S/C29H20Cl2N2O6S/c30-21-14-15-25(26(31)16-21)28(34)39-32-29(35)38-18-20-17-33(40(36,37)22-10-5-2-6-11-22)27-23(12-7-13-24(20)27)19-8-3-1-4-9-19/h1-17H,18H2,(H,32,35). The molecule has 0 radical (unpaired) electrons. The van der Waals surface area contributed by atoms with Crippen LogP contribution in [0, 0.1) is 0 Å². The highest BCUT2D eigenvalue weighted by Crippen LogP contribution is 2.34. The summed E-state index contributed by atoms with van der Waals surface area (Å²) in [5.74, 6) is -0.920. The molecular weight excluding hydrogens is 575 g/mol. The fraction of sp³-hybridized carbons (Fsp3) is 0.0345. The molecule has 0 aliphatic carbocycles. The van der Waals surface area contributed by atoms with Crippen molar-refractivity contribution < 1.29 is 27.6 Å². The van der Waals surface area contributed by atoms with Crippen molar-refractivity contribution >= 4 is 56.2 Å². The topological polar surface area (TPSA) is 104 Å². The molecule has 202 valence electrons. The molecule has 4 aromatic carbocycles. The Morgan fingerprint density at radius 3 is 2.25 bits per heavy atom. The van der Waals surface area contributed by atoms with E-state index in [9.17, 15) is 18.0 Å². The number of para-hydroxylation sites is 1. The molecule has 1 amide bonds. The first kappa shape index (κ1) is 27.3. The Balaban J connectivity index is 1.44. The lowest BCUT2D eigenvalue weighted by Crippen LogP contribution is -2.27. The molecule has 11 heteroatoms. The number of nitrogens with one attached hydrogen (secondary N) is 1. The number of carbonyl (C=O) groups is 2. The van der Waals surface area contributed by atoms with Crippen LogP contribution in [0.3, 0.4) is 0 Å².